The second kappa shape index (κ2) is 8.92. The summed E-state index contributed by atoms with van der Waals surface area (Å²) < 4.78 is 3.35. The lowest BCUT2D eigenvalue weighted by Crippen LogP contribution is -2.21. The van der Waals surface area contributed by atoms with Crippen LogP contribution >= 0.6 is 34.4 Å². The molecule has 166 valence electrons. The van der Waals surface area contributed by atoms with Gasteiger partial charge in [0.15, 0.2) is 4.34 Å². The maximum atomic E-state index is 12.4. The van der Waals surface area contributed by atoms with Crippen LogP contribution in [0.25, 0.3) is 15.2 Å². The van der Waals surface area contributed by atoms with E-state index in [9.17, 15) is 9.59 Å². The van der Waals surface area contributed by atoms with Crippen molar-refractivity contribution in [2.24, 2.45) is 5.92 Å². The molecule has 0 bridgehead atoms. The Kier molecular flexibility index (Phi) is 6.00. The third kappa shape index (κ3) is 4.44. The molecule has 3 heterocycles. The number of aromatic nitrogens is 4. The zero-order chi connectivity index (χ0) is 22.2. The van der Waals surface area contributed by atoms with Crippen molar-refractivity contribution >= 4 is 61.2 Å². The van der Waals surface area contributed by atoms with E-state index >= 15 is 0 Å². The highest BCUT2D eigenvalue weighted by Crippen LogP contribution is 2.41. The Hall–Kier alpha value is -2.30. The fourth-order valence-corrected chi connectivity index (χ4v) is 6.61. The Balaban J connectivity index is 1.30. The van der Waals surface area contributed by atoms with Gasteiger partial charge in [0.1, 0.15) is 5.01 Å². The first-order chi connectivity index (χ1) is 15.5. The molecule has 0 aliphatic heterocycles. The maximum Gasteiger partial charge on any atom is 0.275 e. The topological polar surface area (TPSA) is 89.2 Å². The van der Waals surface area contributed by atoms with Crippen molar-refractivity contribution < 1.29 is 4.79 Å². The summed E-state index contributed by atoms with van der Waals surface area (Å²) in [5.41, 5.74) is 2.31. The van der Waals surface area contributed by atoms with Crippen molar-refractivity contribution in [3.63, 3.8) is 0 Å². The number of thioether (sulfide) groups is 1. The van der Waals surface area contributed by atoms with Crippen LogP contribution in [0, 0.1) is 5.92 Å². The Morgan fingerprint density at radius 1 is 1.22 bits per heavy atom. The summed E-state index contributed by atoms with van der Waals surface area (Å²) in [6, 6.07) is 7.38. The highest BCUT2D eigenvalue weighted by atomic mass is 32.2. The molecule has 1 fully saturated rings. The average Bonchev–Trinajstić information content (AvgIpc) is 3.40. The molecule has 1 aromatic carbocycles. The molecule has 1 aliphatic carbocycles. The molecule has 0 unspecified atom stereocenters. The quantitative estimate of drug-likeness (QED) is 0.341. The van der Waals surface area contributed by atoms with Gasteiger partial charge in [0.2, 0.25) is 10.9 Å². The highest BCUT2D eigenvalue weighted by Gasteiger charge is 2.28. The van der Waals surface area contributed by atoms with Crippen LogP contribution in [-0.2, 0) is 10.5 Å². The number of nitrogens with one attached hydrogen (secondary N) is 1. The van der Waals surface area contributed by atoms with Crippen molar-refractivity contribution in [2.75, 3.05) is 5.32 Å². The van der Waals surface area contributed by atoms with Crippen LogP contribution in [0.3, 0.4) is 0 Å². The van der Waals surface area contributed by atoms with E-state index in [0.717, 1.165) is 56.6 Å². The summed E-state index contributed by atoms with van der Waals surface area (Å²) in [5.74, 6) is 1.17. The number of nitrogens with zero attached hydrogens (tertiary/aromatic N) is 4. The molecule has 4 aromatic rings. The van der Waals surface area contributed by atoms with Crippen LogP contribution in [0.15, 0.2) is 33.4 Å². The number of fused-ring (bicyclic) bond motifs is 2. The molecular weight excluding hydrogens is 462 g/mol. The number of benzene rings is 1. The van der Waals surface area contributed by atoms with Gasteiger partial charge in [0, 0.05) is 29.3 Å². The van der Waals surface area contributed by atoms with Gasteiger partial charge in [-0.3, -0.25) is 9.59 Å². The Morgan fingerprint density at radius 3 is 2.78 bits per heavy atom. The molecule has 32 heavy (non-hydrogen) atoms. The summed E-state index contributed by atoms with van der Waals surface area (Å²) in [6.45, 7) is 4.07. The number of rotatable bonds is 8. The van der Waals surface area contributed by atoms with Crippen LogP contribution in [0.1, 0.15) is 56.2 Å². The van der Waals surface area contributed by atoms with Gasteiger partial charge in [0.05, 0.1) is 15.9 Å². The smallest absolute Gasteiger partial charge is 0.275 e. The number of carbonyl (C=O) groups excluding carboxylic acids is 1. The van der Waals surface area contributed by atoms with Crippen LogP contribution in [0.4, 0.5) is 5.69 Å². The molecular formula is C22H23N5O2S3. The predicted octanol–water partition coefficient (Wildman–Crippen LogP) is 5.31. The molecule has 1 aliphatic rings. The van der Waals surface area contributed by atoms with Crippen molar-refractivity contribution in [3.05, 3.63) is 45.3 Å². The molecule has 1 amide bonds. The van der Waals surface area contributed by atoms with Gasteiger partial charge >= 0.3 is 0 Å². The Bertz CT molecular complexity index is 1350. The second-order valence-electron chi connectivity index (χ2n) is 7.95. The van der Waals surface area contributed by atoms with E-state index in [4.69, 9.17) is 0 Å². The zero-order valence-electron chi connectivity index (χ0n) is 17.8. The van der Waals surface area contributed by atoms with Crippen molar-refractivity contribution in [3.8, 4) is 0 Å². The van der Waals surface area contributed by atoms with Crippen molar-refractivity contribution in [1.29, 1.82) is 0 Å². The van der Waals surface area contributed by atoms with Gasteiger partial charge in [0.25, 0.3) is 5.56 Å². The number of amides is 1. The molecule has 1 saturated carbocycles. The highest BCUT2D eigenvalue weighted by molar-refractivity contribution is 8.00. The summed E-state index contributed by atoms with van der Waals surface area (Å²) in [4.78, 5) is 34.8. The van der Waals surface area contributed by atoms with Gasteiger partial charge in [-0.2, -0.15) is 9.61 Å². The third-order valence-electron chi connectivity index (χ3n) is 5.58. The maximum absolute atomic E-state index is 12.4. The standard InChI is InChI=1S/C22H23N5O2S3/c1-3-12(4-2)19(29)23-14-7-8-16-17(9-14)31-22(25-16)30-11-15-10-18(28)27-21(24-15)32-20(26-27)13-5-6-13/h7-10,12-13H,3-6,11H2,1-2H3,(H,23,29). The zero-order valence-corrected chi connectivity index (χ0v) is 20.3. The first-order valence-corrected chi connectivity index (χ1v) is 13.4. The largest absolute Gasteiger partial charge is 0.326 e. The van der Waals surface area contributed by atoms with E-state index in [0.29, 0.717) is 16.6 Å². The minimum absolute atomic E-state index is 0.0334. The van der Waals surface area contributed by atoms with E-state index in [-0.39, 0.29) is 17.4 Å². The lowest BCUT2D eigenvalue weighted by atomic mass is 10.0. The van der Waals surface area contributed by atoms with Crippen molar-refractivity contribution in [2.45, 2.75) is 55.5 Å². The first kappa shape index (κ1) is 21.5. The van der Waals surface area contributed by atoms with Gasteiger partial charge in [-0.15, -0.1) is 11.3 Å². The number of thiazole rings is 1. The van der Waals surface area contributed by atoms with Crippen LogP contribution < -0.4 is 10.9 Å². The van der Waals surface area contributed by atoms with Crippen molar-refractivity contribution in [1.82, 2.24) is 19.6 Å². The summed E-state index contributed by atoms with van der Waals surface area (Å²) in [5, 5.41) is 8.46. The minimum Gasteiger partial charge on any atom is -0.326 e. The molecule has 1 N–H and O–H groups in total. The monoisotopic (exact) mass is 485 g/mol. The summed E-state index contributed by atoms with van der Waals surface area (Å²) >= 11 is 4.67. The fourth-order valence-electron chi connectivity index (χ4n) is 3.52. The average molecular weight is 486 g/mol. The second-order valence-corrected chi connectivity index (χ2v) is 11.2. The van der Waals surface area contributed by atoms with Crippen LogP contribution in [0.5, 0.6) is 0 Å². The van der Waals surface area contributed by atoms with Crippen LogP contribution in [-0.4, -0.2) is 25.5 Å². The normalized spacial score (nSPS) is 14.0. The van der Waals surface area contributed by atoms with Gasteiger partial charge in [-0.05, 0) is 43.9 Å². The van der Waals surface area contributed by atoms with E-state index in [1.54, 1.807) is 29.2 Å². The van der Waals surface area contributed by atoms with E-state index in [2.05, 4.69) is 20.4 Å². The minimum atomic E-state index is -0.129. The lowest BCUT2D eigenvalue weighted by Gasteiger charge is -2.12. The molecule has 0 spiro atoms. The molecule has 0 atom stereocenters. The Morgan fingerprint density at radius 2 is 2.03 bits per heavy atom. The molecule has 10 heteroatoms. The number of hydrogen-bond acceptors (Lipinski definition) is 8. The van der Waals surface area contributed by atoms with Gasteiger partial charge < -0.3 is 5.32 Å². The lowest BCUT2D eigenvalue weighted by molar-refractivity contribution is -0.120. The van der Waals surface area contributed by atoms with Gasteiger partial charge in [-0.25, -0.2) is 9.97 Å². The molecule has 7 nitrogen and oxygen atoms in total. The number of carbonyl (C=O) groups is 1. The predicted molar refractivity (Wildman–Crippen MR) is 131 cm³/mol. The van der Waals surface area contributed by atoms with E-state index in [1.165, 1.54) is 15.9 Å². The fraction of sp³-hybridized carbons (Fsp3) is 0.409. The summed E-state index contributed by atoms with van der Waals surface area (Å²) in [6.07, 6.45) is 3.97. The van der Waals surface area contributed by atoms with E-state index in [1.807, 2.05) is 32.0 Å². The molecule has 5 rings (SSSR count). The first-order valence-electron chi connectivity index (χ1n) is 10.8. The SMILES string of the molecule is CCC(CC)C(=O)Nc1ccc2nc(SCc3cc(=O)n4nc(C5CC5)sc4n3)sc2c1. The van der Waals surface area contributed by atoms with Gasteiger partial charge in [-0.1, -0.05) is 36.9 Å². The molecule has 0 saturated heterocycles. The third-order valence-corrected chi connectivity index (χ3v) is 8.84. The number of hydrogen-bond donors (Lipinski definition) is 1. The molecule has 0 radical (unpaired) electrons. The molecule has 3 aromatic heterocycles. The summed E-state index contributed by atoms with van der Waals surface area (Å²) in [7, 11) is 0. The van der Waals surface area contributed by atoms with E-state index < -0.39 is 0 Å². The van der Waals surface area contributed by atoms with Crippen LogP contribution in [0.2, 0.25) is 0 Å². The Labute approximate surface area is 197 Å². The number of anilines is 1.